The first-order valence-electron chi connectivity index (χ1n) is 4.25. The van der Waals surface area contributed by atoms with Crippen LogP contribution < -0.4 is 5.73 Å². The first-order chi connectivity index (χ1) is 5.15. The normalized spacial score (nSPS) is 33.5. The van der Waals surface area contributed by atoms with E-state index in [0.29, 0.717) is 6.04 Å². The number of hydrogen-bond acceptors (Lipinski definition) is 3. The molecule has 1 saturated heterocycles. The van der Waals surface area contributed by atoms with E-state index in [1.54, 1.807) is 0 Å². The van der Waals surface area contributed by atoms with Crippen molar-refractivity contribution in [3.63, 3.8) is 0 Å². The van der Waals surface area contributed by atoms with Gasteiger partial charge in [0.25, 0.3) is 0 Å². The fourth-order valence-electron chi connectivity index (χ4n) is 1.55. The fraction of sp³-hybridized carbons (Fsp3) is 1.00. The summed E-state index contributed by atoms with van der Waals surface area (Å²) < 4.78 is 0. The molecular formula is C8H18N2O. The molecule has 3 N–H and O–H groups in total. The Morgan fingerprint density at radius 1 is 1.55 bits per heavy atom. The molecular weight excluding hydrogens is 140 g/mol. The van der Waals surface area contributed by atoms with Crippen molar-refractivity contribution >= 4 is 0 Å². The van der Waals surface area contributed by atoms with Gasteiger partial charge in [0.15, 0.2) is 0 Å². The molecule has 3 nitrogen and oxygen atoms in total. The number of hydrogen-bond donors (Lipinski definition) is 2. The molecule has 0 aromatic heterocycles. The van der Waals surface area contributed by atoms with Gasteiger partial charge in [0.2, 0.25) is 0 Å². The molecule has 0 amide bonds. The third-order valence-corrected chi connectivity index (χ3v) is 2.48. The van der Waals surface area contributed by atoms with E-state index in [1.807, 2.05) is 0 Å². The van der Waals surface area contributed by atoms with Crippen molar-refractivity contribution in [2.24, 2.45) is 11.7 Å². The lowest BCUT2D eigenvalue weighted by Crippen LogP contribution is -2.32. The monoisotopic (exact) mass is 158 g/mol. The minimum atomic E-state index is 0.169. The molecule has 1 aliphatic heterocycles. The van der Waals surface area contributed by atoms with E-state index < -0.39 is 0 Å². The molecule has 1 heterocycles. The first-order valence-corrected chi connectivity index (χ1v) is 4.25. The Kier molecular flexibility index (Phi) is 2.87. The van der Waals surface area contributed by atoms with Crippen LogP contribution in [-0.4, -0.2) is 41.8 Å². The highest BCUT2D eigenvalue weighted by molar-refractivity contribution is 4.87. The molecule has 0 bridgehead atoms. The molecule has 66 valence electrons. The molecule has 0 saturated carbocycles. The summed E-state index contributed by atoms with van der Waals surface area (Å²) in [5, 5.41) is 8.93. The van der Waals surface area contributed by atoms with Gasteiger partial charge in [-0.1, -0.05) is 0 Å². The zero-order valence-electron chi connectivity index (χ0n) is 7.33. The summed E-state index contributed by atoms with van der Waals surface area (Å²) in [7, 11) is 0. The van der Waals surface area contributed by atoms with E-state index in [4.69, 9.17) is 10.8 Å². The number of nitrogens with two attached hydrogens (primary N) is 1. The van der Waals surface area contributed by atoms with Crippen LogP contribution in [0.4, 0.5) is 0 Å². The van der Waals surface area contributed by atoms with Gasteiger partial charge in [0, 0.05) is 37.7 Å². The van der Waals surface area contributed by atoms with E-state index >= 15 is 0 Å². The summed E-state index contributed by atoms with van der Waals surface area (Å²) in [6.45, 7) is 6.43. The molecule has 0 radical (unpaired) electrons. The van der Waals surface area contributed by atoms with Crippen LogP contribution in [-0.2, 0) is 0 Å². The van der Waals surface area contributed by atoms with Crippen molar-refractivity contribution in [3.8, 4) is 0 Å². The van der Waals surface area contributed by atoms with E-state index in [-0.39, 0.29) is 18.6 Å². The van der Waals surface area contributed by atoms with Gasteiger partial charge in [-0.15, -0.1) is 0 Å². The topological polar surface area (TPSA) is 49.5 Å². The van der Waals surface area contributed by atoms with E-state index in [2.05, 4.69) is 18.7 Å². The fourth-order valence-corrected chi connectivity index (χ4v) is 1.55. The highest BCUT2D eigenvalue weighted by Crippen LogP contribution is 2.16. The average Bonchev–Trinajstić information content (AvgIpc) is 2.31. The minimum absolute atomic E-state index is 0.169. The van der Waals surface area contributed by atoms with Crippen LogP contribution in [0.1, 0.15) is 13.8 Å². The lowest BCUT2D eigenvalue weighted by molar-refractivity contribution is 0.206. The lowest BCUT2D eigenvalue weighted by Gasteiger charge is -2.19. The van der Waals surface area contributed by atoms with Crippen LogP contribution in [0.3, 0.4) is 0 Å². The van der Waals surface area contributed by atoms with Crippen LogP contribution in [0.5, 0.6) is 0 Å². The summed E-state index contributed by atoms with van der Waals surface area (Å²) in [5.74, 6) is 0.289. The molecule has 2 atom stereocenters. The number of aliphatic hydroxyl groups excluding tert-OH is 1. The van der Waals surface area contributed by atoms with Crippen molar-refractivity contribution in [1.82, 2.24) is 4.90 Å². The maximum absolute atomic E-state index is 8.93. The highest BCUT2D eigenvalue weighted by Gasteiger charge is 2.30. The van der Waals surface area contributed by atoms with Gasteiger partial charge in [-0.25, -0.2) is 0 Å². The predicted octanol–water partition coefficient (Wildman–Crippen LogP) is -0.354. The highest BCUT2D eigenvalue weighted by atomic mass is 16.3. The summed E-state index contributed by atoms with van der Waals surface area (Å²) in [6.07, 6.45) is 0. The SMILES string of the molecule is CC(C)N1CC(N)C(CO)C1. The van der Waals surface area contributed by atoms with Gasteiger partial charge in [0.05, 0.1) is 0 Å². The number of likely N-dealkylation sites (tertiary alicyclic amines) is 1. The summed E-state index contributed by atoms with van der Waals surface area (Å²) >= 11 is 0. The summed E-state index contributed by atoms with van der Waals surface area (Å²) in [4.78, 5) is 2.31. The van der Waals surface area contributed by atoms with Crippen molar-refractivity contribution in [3.05, 3.63) is 0 Å². The second-order valence-corrected chi connectivity index (χ2v) is 3.65. The van der Waals surface area contributed by atoms with E-state index in [0.717, 1.165) is 13.1 Å². The van der Waals surface area contributed by atoms with Gasteiger partial charge in [-0.3, -0.25) is 4.90 Å². The number of aliphatic hydroxyl groups is 1. The molecule has 0 aliphatic carbocycles. The zero-order valence-corrected chi connectivity index (χ0v) is 7.33. The number of nitrogens with zero attached hydrogens (tertiary/aromatic N) is 1. The van der Waals surface area contributed by atoms with Crippen molar-refractivity contribution in [2.75, 3.05) is 19.7 Å². The Hall–Kier alpha value is -0.120. The maximum Gasteiger partial charge on any atom is 0.0486 e. The molecule has 0 aromatic rings. The van der Waals surface area contributed by atoms with E-state index in [1.165, 1.54) is 0 Å². The van der Waals surface area contributed by atoms with Crippen LogP contribution >= 0.6 is 0 Å². The summed E-state index contributed by atoms with van der Waals surface area (Å²) in [6, 6.07) is 0.722. The van der Waals surface area contributed by atoms with Crippen molar-refractivity contribution in [1.29, 1.82) is 0 Å². The van der Waals surface area contributed by atoms with Gasteiger partial charge >= 0.3 is 0 Å². The predicted molar refractivity (Wildman–Crippen MR) is 45.3 cm³/mol. The molecule has 3 heteroatoms. The molecule has 0 aromatic carbocycles. The van der Waals surface area contributed by atoms with E-state index in [9.17, 15) is 0 Å². The largest absolute Gasteiger partial charge is 0.396 e. The zero-order chi connectivity index (χ0) is 8.43. The average molecular weight is 158 g/mol. The molecule has 1 fully saturated rings. The molecule has 1 aliphatic rings. The first kappa shape index (κ1) is 8.97. The van der Waals surface area contributed by atoms with Crippen LogP contribution in [0.25, 0.3) is 0 Å². The quantitative estimate of drug-likeness (QED) is 0.577. The Morgan fingerprint density at radius 2 is 2.18 bits per heavy atom. The molecule has 2 unspecified atom stereocenters. The Balaban J connectivity index is 2.43. The molecule has 11 heavy (non-hydrogen) atoms. The second-order valence-electron chi connectivity index (χ2n) is 3.65. The molecule has 0 spiro atoms. The summed E-state index contributed by atoms with van der Waals surface area (Å²) in [5.41, 5.74) is 5.82. The maximum atomic E-state index is 8.93. The van der Waals surface area contributed by atoms with Crippen LogP contribution in [0, 0.1) is 5.92 Å². The Bertz CT molecular complexity index is 127. The molecule has 1 rings (SSSR count). The minimum Gasteiger partial charge on any atom is -0.396 e. The van der Waals surface area contributed by atoms with Crippen molar-refractivity contribution < 1.29 is 5.11 Å². The van der Waals surface area contributed by atoms with Gasteiger partial charge in [-0.2, -0.15) is 0 Å². The standard InChI is InChI=1S/C8H18N2O/c1-6(2)10-3-7(5-11)8(9)4-10/h6-8,11H,3-5,9H2,1-2H3. The third kappa shape index (κ3) is 1.92. The second kappa shape index (κ2) is 3.52. The van der Waals surface area contributed by atoms with Crippen LogP contribution in [0.2, 0.25) is 0 Å². The third-order valence-electron chi connectivity index (χ3n) is 2.48. The lowest BCUT2D eigenvalue weighted by atomic mass is 10.1. The van der Waals surface area contributed by atoms with Crippen LogP contribution in [0.15, 0.2) is 0 Å². The van der Waals surface area contributed by atoms with Gasteiger partial charge < -0.3 is 10.8 Å². The smallest absolute Gasteiger partial charge is 0.0486 e. The number of rotatable bonds is 2. The van der Waals surface area contributed by atoms with Gasteiger partial charge in [-0.05, 0) is 13.8 Å². The van der Waals surface area contributed by atoms with Gasteiger partial charge in [0.1, 0.15) is 0 Å². The van der Waals surface area contributed by atoms with Crippen molar-refractivity contribution in [2.45, 2.75) is 25.9 Å². The Labute approximate surface area is 68.2 Å². The Morgan fingerprint density at radius 3 is 2.45 bits per heavy atom.